The van der Waals surface area contributed by atoms with Crippen molar-refractivity contribution >= 4 is 11.6 Å². The Balaban J connectivity index is 1.68. The molecule has 0 saturated carbocycles. The summed E-state index contributed by atoms with van der Waals surface area (Å²) in [6.07, 6.45) is 0.781. The van der Waals surface area contributed by atoms with Crippen molar-refractivity contribution in [2.75, 3.05) is 18.6 Å². The second-order valence-electron chi connectivity index (χ2n) is 7.44. The zero-order valence-electron chi connectivity index (χ0n) is 15.3. The van der Waals surface area contributed by atoms with Gasteiger partial charge in [0.1, 0.15) is 11.5 Å². The van der Waals surface area contributed by atoms with E-state index in [1.807, 2.05) is 52.1 Å². The van der Waals surface area contributed by atoms with Gasteiger partial charge in [-0.25, -0.2) is 0 Å². The molecule has 0 saturated heterocycles. The summed E-state index contributed by atoms with van der Waals surface area (Å²) >= 11 is 0. The second kappa shape index (κ2) is 6.88. The van der Waals surface area contributed by atoms with Gasteiger partial charge in [0.05, 0.1) is 19.8 Å². The Kier molecular flexibility index (Phi) is 4.81. The van der Waals surface area contributed by atoms with Crippen LogP contribution in [0.4, 0.5) is 5.69 Å². The number of anilines is 1. The number of amides is 1. The van der Waals surface area contributed by atoms with Gasteiger partial charge in [-0.1, -0.05) is 5.16 Å². The first kappa shape index (κ1) is 17.5. The van der Waals surface area contributed by atoms with E-state index in [4.69, 9.17) is 9.26 Å². The standard InChI is InChI=1S/C19H25N3O3/c1-19(2,3)20-18(23)13-5-7-14(8-6-13)22(4)11-16-15-12-24-10-9-17(15)25-21-16/h5-8H,9-12H2,1-4H3,(H,20,23). The first-order valence-electron chi connectivity index (χ1n) is 8.51. The lowest BCUT2D eigenvalue weighted by Gasteiger charge is -2.22. The highest BCUT2D eigenvalue weighted by atomic mass is 16.5. The molecule has 6 nitrogen and oxygen atoms in total. The molecule has 0 radical (unpaired) electrons. The number of nitrogens with zero attached hydrogens (tertiary/aromatic N) is 2. The smallest absolute Gasteiger partial charge is 0.251 e. The Morgan fingerprint density at radius 2 is 2.00 bits per heavy atom. The van der Waals surface area contributed by atoms with E-state index in [1.54, 1.807) is 0 Å². The van der Waals surface area contributed by atoms with Gasteiger partial charge in [-0.2, -0.15) is 0 Å². The van der Waals surface area contributed by atoms with Crippen molar-refractivity contribution in [2.45, 2.75) is 45.9 Å². The molecule has 1 aliphatic rings. The molecule has 1 aromatic heterocycles. The van der Waals surface area contributed by atoms with E-state index in [9.17, 15) is 4.79 Å². The first-order chi connectivity index (χ1) is 11.8. The molecule has 0 atom stereocenters. The molecule has 2 heterocycles. The van der Waals surface area contributed by atoms with Gasteiger partial charge in [0, 0.05) is 35.8 Å². The lowest BCUT2D eigenvalue weighted by atomic mass is 10.1. The van der Waals surface area contributed by atoms with Gasteiger partial charge in [-0.05, 0) is 45.0 Å². The van der Waals surface area contributed by atoms with E-state index in [0.29, 0.717) is 25.3 Å². The van der Waals surface area contributed by atoms with Crippen LogP contribution in [0.15, 0.2) is 28.8 Å². The van der Waals surface area contributed by atoms with E-state index >= 15 is 0 Å². The van der Waals surface area contributed by atoms with Crippen molar-refractivity contribution in [3.63, 3.8) is 0 Å². The molecule has 6 heteroatoms. The van der Waals surface area contributed by atoms with Crippen LogP contribution in [0, 0.1) is 0 Å². The largest absolute Gasteiger partial charge is 0.376 e. The summed E-state index contributed by atoms with van der Waals surface area (Å²) in [6, 6.07) is 7.57. The van der Waals surface area contributed by atoms with Crippen LogP contribution in [0.3, 0.4) is 0 Å². The Morgan fingerprint density at radius 3 is 2.68 bits per heavy atom. The third-order valence-electron chi connectivity index (χ3n) is 4.12. The van der Waals surface area contributed by atoms with Crippen LogP contribution >= 0.6 is 0 Å². The molecule has 134 valence electrons. The van der Waals surface area contributed by atoms with Gasteiger partial charge < -0.3 is 19.5 Å². The molecule has 0 aliphatic carbocycles. The quantitative estimate of drug-likeness (QED) is 0.924. The Hall–Kier alpha value is -2.34. The lowest BCUT2D eigenvalue weighted by molar-refractivity contribution is 0.0919. The minimum absolute atomic E-state index is 0.0653. The van der Waals surface area contributed by atoms with Crippen LogP contribution in [0.25, 0.3) is 0 Å². The highest BCUT2D eigenvalue weighted by molar-refractivity contribution is 5.94. The maximum atomic E-state index is 12.2. The first-order valence-corrected chi connectivity index (χ1v) is 8.51. The molecular formula is C19H25N3O3. The zero-order valence-corrected chi connectivity index (χ0v) is 15.3. The summed E-state index contributed by atoms with van der Waals surface area (Å²) in [5, 5.41) is 7.15. The Labute approximate surface area is 148 Å². The molecule has 25 heavy (non-hydrogen) atoms. The minimum Gasteiger partial charge on any atom is -0.376 e. The highest BCUT2D eigenvalue weighted by Gasteiger charge is 2.21. The predicted molar refractivity (Wildman–Crippen MR) is 95.6 cm³/mol. The maximum Gasteiger partial charge on any atom is 0.251 e. The SMILES string of the molecule is CN(Cc1noc2c1COCC2)c1ccc(C(=O)NC(C)(C)C)cc1. The molecule has 3 rings (SSSR count). The summed E-state index contributed by atoms with van der Waals surface area (Å²) < 4.78 is 10.9. The number of rotatable bonds is 4. The van der Waals surface area contributed by atoms with Gasteiger partial charge in [0.2, 0.25) is 0 Å². The molecule has 1 amide bonds. The molecule has 0 unspecified atom stereocenters. The highest BCUT2D eigenvalue weighted by Crippen LogP contribution is 2.23. The fraction of sp³-hybridized carbons (Fsp3) is 0.474. The summed E-state index contributed by atoms with van der Waals surface area (Å²) in [7, 11) is 2.00. The number of carbonyl (C=O) groups excluding carboxylic acids is 1. The number of nitrogens with one attached hydrogen (secondary N) is 1. The summed E-state index contributed by atoms with van der Waals surface area (Å²) in [5.41, 5.74) is 3.40. The monoisotopic (exact) mass is 343 g/mol. The average Bonchev–Trinajstić information content (AvgIpc) is 2.96. The van der Waals surface area contributed by atoms with Gasteiger partial charge in [0.25, 0.3) is 5.91 Å². The average molecular weight is 343 g/mol. The van der Waals surface area contributed by atoms with Crippen molar-refractivity contribution in [3.05, 3.63) is 46.8 Å². The number of benzene rings is 1. The third-order valence-corrected chi connectivity index (χ3v) is 4.12. The summed E-state index contributed by atoms with van der Waals surface area (Å²) in [5.74, 6) is 0.869. The molecule has 0 bridgehead atoms. The van der Waals surface area contributed by atoms with Crippen molar-refractivity contribution in [3.8, 4) is 0 Å². The molecule has 0 fully saturated rings. The molecular weight excluding hydrogens is 318 g/mol. The van der Waals surface area contributed by atoms with Crippen molar-refractivity contribution in [1.29, 1.82) is 0 Å². The van der Waals surface area contributed by atoms with Crippen LogP contribution in [-0.2, 0) is 24.3 Å². The van der Waals surface area contributed by atoms with Crippen molar-refractivity contribution < 1.29 is 14.1 Å². The van der Waals surface area contributed by atoms with Crippen molar-refractivity contribution in [2.24, 2.45) is 0 Å². The number of carbonyl (C=O) groups is 1. The Bertz CT molecular complexity index is 744. The molecule has 1 aromatic carbocycles. The molecule has 2 aromatic rings. The van der Waals surface area contributed by atoms with Crippen LogP contribution in [0.1, 0.15) is 48.1 Å². The van der Waals surface area contributed by atoms with E-state index in [1.165, 1.54) is 0 Å². The predicted octanol–water partition coefficient (Wildman–Crippen LogP) is 2.91. The molecule has 1 aliphatic heterocycles. The van der Waals surface area contributed by atoms with Gasteiger partial charge in [0.15, 0.2) is 0 Å². The van der Waals surface area contributed by atoms with E-state index in [-0.39, 0.29) is 11.4 Å². The Morgan fingerprint density at radius 1 is 1.28 bits per heavy atom. The van der Waals surface area contributed by atoms with Crippen LogP contribution in [-0.4, -0.2) is 30.3 Å². The molecule has 1 N–H and O–H groups in total. The van der Waals surface area contributed by atoms with Crippen LogP contribution < -0.4 is 10.2 Å². The minimum atomic E-state index is -0.249. The maximum absolute atomic E-state index is 12.2. The number of fused-ring (bicyclic) bond motifs is 1. The van der Waals surface area contributed by atoms with Crippen molar-refractivity contribution in [1.82, 2.24) is 10.5 Å². The number of hydrogen-bond acceptors (Lipinski definition) is 5. The van der Waals surface area contributed by atoms with E-state index < -0.39 is 0 Å². The number of aromatic nitrogens is 1. The van der Waals surface area contributed by atoms with Crippen LogP contribution in [0.5, 0.6) is 0 Å². The topological polar surface area (TPSA) is 67.6 Å². The summed E-state index contributed by atoms with van der Waals surface area (Å²) in [6.45, 7) is 7.79. The second-order valence-corrected chi connectivity index (χ2v) is 7.44. The molecule has 0 spiro atoms. The normalized spacial score (nSPS) is 14.1. The number of hydrogen-bond donors (Lipinski definition) is 1. The lowest BCUT2D eigenvalue weighted by Crippen LogP contribution is -2.40. The fourth-order valence-electron chi connectivity index (χ4n) is 2.80. The fourth-order valence-corrected chi connectivity index (χ4v) is 2.80. The van der Waals surface area contributed by atoms with Gasteiger partial charge in [-0.15, -0.1) is 0 Å². The van der Waals surface area contributed by atoms with E-state index in [2.05, 4.69) is 15.4 Å². The summed E-state index contributed by atoms with van der Waals surface area (Å²) in [4.78, 5) is 14.3. The zero-order chi connectivity index (χ0) is 18.0. The third kappa shape index (κ3) is 4.20. The van der Waals surface area contributed by atoms with E-state index in [0.717, 1.165) is 29.1 Å². The number of ether oxygens (including phenoxy) is 1. The van der Waals surface area contributed by atoms with Gasteiger partial charge >= 0.3 is 0 Å². The van der Waals surface area contributed by atoms with Crippen LogP contribution in [0.2, 0.25) is 0 Å². The van der Waals surface area contributed by atoms with Gasteiger partial charge in [-0.3, -0.25) is 4.79 Å².